The molecule has 94 valence electrons. The van der Waals surface area contributed by atoms with Crippen LogP contribution in [-0.4, -0.2) is 17.9 Å². The highest BCUT2D eigenvalue weighted by molar-refractivity contribution is 7.09. The van der Waals surface area contributed by atoms with Gasteiger partial charge in [-0.25, -0.2) is 4.98 Å². The Morgan fingerprint density at radius 2 is 2.33 bits per heavy atom. The van der Waals surface area contributed by atoms with E-state index >= 15 is 0 Å². The lowest BCUT2D eigenvalue weighted by Gasteiger charge is -2.11. The zero-order valence-corrected chi connectivity index (χ0v) is 10.8. The van der Waals surface area contributed by atoms with Crippen molar-refractivity contribution in [2.24, 2.45) is 0 Å². The van der Waals surface area contributed by atoms with Crippen LogP contribution < -0.4 is 16.4 Å². The summed E-state index contributed by atoms with van der Waals surface area (Å²) in [6.07, 6.45) is 1.75. The van der Waals surface area contributed by atoms with Crippen molar-refractivity contribution in [2.45, 2.75) is 6.54 Å². The summed E-state index contributed by atoms with van der Waals surface area (Å²) in [5.41, 5.74) is 7.63. The number of carbonyl (C=O) groups is 1. The fourth-order valence-electron chi connectivity index (χ4n) is 1.55. The largest absolute Gasteiger partial charge is 0.399 e. The molecule has 0 saturated heterocycles. The Labute approximate surface area is 109 Å². The second-order valence-corrected chi connectivity index (χ2v) is 4.64. The lowest BCUT2D eigenvalue weighted by molar-refractivity contribution is 0.0964. The molecule has 0 fully saturated rings. The highest BCUT2D eigenvalue weighted by Gasteiger charge is 2.10. The molecule has 5 nitrogen and oxygen atoms in total. The molecule has 1 aromatic carbocycles. The van der Waals surface area contributed by atoms with Crippen molar-refractivity contribution >= 4 is 28.6 Å². The maximum absolute atomic E-state index is 11.7. The summed E-state index contributed by atoms with van der Waals surface area (Å²) >= 11 is 1.56. The van der Waals surface area contributed by atoms with Gasteiger partial charge < -0.3 is 16.4 Å². The summed E-state index contributed by atoms with van der Waals surface area (Å²) in [6.45, 7) is 0.575. The smallest absolute Gasteiger partial charge is 0.253 e. The van der Waals surface area contributed by atoms with Gasteiger partial charge >= 0.3 is 0 Å². The Bertz CT molecular complexity index is 539. The van der Waals surface area contributed by atoms with Gasteiger partial charge in [0.25, 0.3) is 5.91 Å². The van der Waals surface area contributed by atoms with E-state index < -0.39 is 0 Å². The number of anilines is 2. The summed E-state index contributed by atoms with van der Waals surface area (Å²) < 4.78 is 0. The number of carbonyl (C=O) groups excluding carboxylic acids is 1. The van der Waals surface area contributed by atoms with Gasteiger partial charge in [0.05, 0.1) is 12.1 Å². The van der Waals surface area contributed by atoms with Crippen LogP contribution in [0.4, 0.5) is 11.4 Å². The predicted molar refractivity (Wildman–Crippen MR) is 73.7 cm³/mol. The van der Waals surface area contributed by atoms with Crippen molar-refractivity contribution in [3.63, 3.8) is 0 Å². The van der Waals surface area contributed by atoms with E-state index in [9.17, 15) is 4.79 Å². The van der Waals surface area contributed by atoms with Crippen LogP contribution in [0.15, 0.2) is 29.8 Å². The molecule has 4 N–H and O–H groups in total. The highest BCUT2D eigenvalue weighted by Crippen LogP contribution is 2.20. The van der Waals surface area contributed by atoms with Gasteiger partial charge in [-0.1, -0.05) is 0 Å². The fourth-order valence-corrected chi connectivity index (χ4v) is 2.11. The molecule has 6 heteroatoms. The number of amides is 1. The van der Waals surface area contributed by atoms with E-state index in [-0.39, 0.29) is 5.91 Å². The van der Waals surface area contributed by atoms with Gasteiger partial charge in [-0.15, -0.1) is 11.3 Å². The zero-order chi connectivity index (χ0) is 13.0. The van der Waals surface area contributed by atoms with Crippen molar-refractivity contribution in [1.82, 2.24) is 10.3 Å². The van der Waals surface area contributed by atoms with Gasteiger partial charge in [-0.05, 0) is 18.2 Å². The molecule has 0 aliphatic rings. The molecule has 2 rings (SSSR count). The van der Waals surface area contributed by atoms with Crippen LogP contribution in [0.3, 0.4) is 0 Å². The molecular weight excluding hydrogens is 248 g/mol. The average molecular weight is 262 g/mol. The molecule has 0 aliphatic carbocycles. The maximum atomic E-state index is 11.7. The third-order valence-corrected chi connectivity index (χ3v) is 3.21. The molecule has 1 amide bonds. The molecule has 1 aromatic heterocycles. The summed E-state index contributed by atoms with van der Waals surface area (Å²) in [5, 5.41) is 8.65. The number of aromatic nitrogens is 1. The molecular formula is C12H14N4OS. The molecule has 0 aliphatic heterocycles. The van der Waals surface area contributed by atoms with Crippen molar-refractivity contribution in [2.75, 3.05) is 18.1 Å². The lowest BCUT2D eigenvalue weighted by Crippen LogP contribution is -2.19. The first-order chi connectivity index (χ1) is 8.70. The first-order valence-corrected chi connectivity index (χ1v) is 6.32. The van der Waals surface area contributed by atoms with E-state index in [1.165, 1.54) is 0 Å². The van der Waals surface area contributed by atoms with Crippen molar-refractivity contribution in [3.05, 3.63) is 40.3 Å². The topological polar surface area (TPSA) is 80.0 Å². The number of benzene rings is 1. The van der Waals surface area contributed by atoms with Crippen LogP contribution in [0.25, 0.3) is 0 Å². The van der Waals surface area contributed by atoms with Crippen LogP contribution in [0, 0.1) is 0 Å². The minimum absolute atomic E-state index is 0.142. The van der Waals surface area contributed by atoms with E-state index in [4.69, 9.17) is 5.73 Å². The number of nitrogens with two attached hydrogens (primary N) is 1. The molecule has 0 saturated carbocycles. The Morgan fingerprint density at radius 3 is 3.00 bits per heavy atom. The third kappa shape index (κ3) is 2.78. The Hall–Kier alpha value is -2.08. The molecule has 0 radical (unpaired) electrons. The van der Waals surface area contributed by atoms with Gasteiger partial charge in [-0.2, -0.15) is 0 Å². The van der Waals surface area contributed by atoms with E-state index in [0.29, 0.717) is 23.5 Å². The number of thiazole rings is 1. The minimum atomic E-state index is -0.142. The maximum Gasteiger partial charge on any atom is 0.253 e. The standard InChI is InChI=1S/C12H14N4OS/c1-14-12(17)9-3-2-8(13)6-10(9)16-7-11-15-4-5-18-11/h2-6,16H,7,13H2,1H3,(H,14,17). The van der Waals surface area contributed by atoms with Crippen molar-refractivity contribution in [1.29, 1.82) is 0 Å². The quantitative estimate of drug-likeness (QED) is 0.733. The Morgan fingerprint density at radius 1 is 1.50 bits per heavy atom. The van der Waals surface area contributed by atoms with Gasteiger partial charge in [0.1, 0.15) is 5.01 Å². The Balaban J connectivity index is 2.19. The molecule has 18 heavy (non-hydrogen) atoms. The van der Waals surface area contributed by atoms with Gasteiger partial charge in [0.2, 0.25) is 0 Å². The molecule has 0 unspecified atom stereocenters. The first-order valence-electron chi connectivity index (χ1n) is 5.44. The second-order valence-electron chi connectivity index (χ2n) is 3.66. The van der Waals surface area contributed by atoms with Crippen molar-refractivity contribution in [3.8, 4) is 0 Å². The molecule has 2 aromatic rings. The molecule has 0 atom stereocenters. The SMILES string of the molecule is CNC(=O)c1ccc(N)cc1NCc1nccs1. The monoisotopic (exact) mass is 262 g/mol. The van der Waals surface area contributed by atoms with Crippen LogP contribution in [-0.2, 0) is 6.54 Å². The van der Waals surface area contributed by atoms with Gasteiger partial charge in [-0.3, -0.25) is 4.79 Å². The summed E-state index contributed by atoms with van der Waals surface area (Å²) in [5.74, 6) is -0.142. The number of hydrogen-bond acceptors (Lipinski definition) is 5. The van der Waals surface area contributed by atoms with E-state index in [1.807, 2.05) is 5.38 Å². The minimum Gasteiger partial charge on any atom is -0.399 e. The first kappa shape index (κ1) is 12.4. The van der Waals surface area contributed by atoms with Crippen LogP contribution >= 0.6 is 11.3 Å². The van der Waals surface area contributed by atoms with Crippen LogP contribution in [0.5, 0.6) is 0 Å². The van der Waals surface area contributed by atoms with E-state index in [0.717, 1.165) is 5.01 Å². The van der Waals surface area contributed by atoms with Crippen LogP contribution in [0.1, 0.15) is 15.4 Å². The van der Waals surface area contributed by atoms with E-state index in [1.54, 1.807) is 42.8 Å². The van der Waals surface area contributed by atoms with Gasteiger partial charge in [0, 0.05) is 30.0 Å². The highest BCUT2D eigenvalue weighted by atomic mass is 32.1. The number of hydrogen-bond donors (Lipinski definition) is 3. The number of nitrogens with zero attached hydrogens (tertiary/aromatic N) is 1. The predicted octanol–water partition coefficient (Wildman–Crippen LogP) is 1.70. The zero-order valence-electron chi connectivity index (χ0n) is 9.93. The lowest BCUT2D eigenvalue weighted by atomic mass is 10.1. The number of rotatable bonds is 4. The fraction of sp³-hybridized carbons (Fsp3) is 0.167. The molecule has 0 spiro atoms. The second kappa shape index (κ2) is 5.50. The number of nitrogen functional groups attached to an aromatic ring is 1. The Kier molecular flexibility index (Phi) is 3.78. The van der Waals surface area contributed by atoms with Crippen LogP contribution in [0.2, 0.25) is 0 Å². The molecule has 0 bridgehead atoms. The third-order valence-electron chi connectivity index (χ3n) is 2.43. The van der Waals surface area contributed by atoms with E-state index in [2.05, 4.69) is 15.6 Å². The number of nitrogens with one attached hydrogen (secondary N) is 2. The summed E-state index contributed by atoms with van der Waals surface area (Å²) in [7, 11) is 1.60. The normalized spacial score (nSPS) is 10.1. The molecule has 1 heterocycles. The summed E-state index contributed by atoms with van der Waals surface area (Å²) in [4.78, 5) is 15.9. The van der Waals surface area contributed by atoms with Gasteiger partial charge in [0.15, 0.2) is 0 Å². The summed E-state index contributed by atoms with van der Waals surface area (Å²) in [6, 6.07) is 5.16. The average Bonchev–Trinajstić information content (AvgIpc) is 2.88. The van der Waals surface area contributed by atoms with Crippen molar-refractivity contribution < 1.29 is 4.79 Å².